The van der Waals surface area contributed by atoms with Gasteiger partial charge in [0.1, 0.15) is 0 Å². The third-order valence-corrected chi connectivity index (χ3v) is 3.56. The molecule has 3 nitrogen and oxygen atoms in total. The summed E-state index contributed by atoms with van der Waals surface area (Å²) >= 11 is 5.88. The summed E-state index contributed by atoms with van der Waals surface area (Å²) in [6.45, 7) is 4.27. The molecule has 0 spiro atoms. The van der Waals surface area contributed by atoms with Crippen molar-refractivity contribution in [1.82, 2.24) is 10.3 Å². The van der Waals surface area contributed by atoms with E-state index >= 15 is 0 Å². The molecular formula is C16H17ClN2O. The lowest BCUT2D eigenvalue weighted by Crippen LogP contribution is -2.39. The third-order valence-electron chi connectivity index (χ3n) is 3.31. The molecule has 1 amide bonds. The smallest absolute Gasteiger partial charge is 0.230 e. The van der Waals surface area contributed by atoms with Crippen LogP contribution in [-0.4, -0.2) is 10.9 Å². The molecule has 2 rings (SSSR count). The van der Waals surface area contributed by atoms with Gasteiger partial charge < -0.3 is 5.32 Å². The van der Waals surface area contributed by atoms with Gasteiger partial charge in [0.2, 0.25) is 5.91 Å². The van der Waals surface area contributed by atoms with Crippen LogP contribution in [0.15, 0.2) is 48.8 Å². The molecule has 1 aromatic carbocycles. The van der Waals surface area contributed by atoms with Crippen LogP contribution >= 0.6 is 11.6 Å². The highest BCUT2D eigenvalue weighted by molar-refractivity contribution is 6.30. The molecule has 0 radical (unpaired) electrons. The molecule has 0 aliphatic rings. The summed E-state index contributed by atoms with van der Waals surface area (Å²) in [5.41, 5.74) is 1.31. The average Bonchev–Trinajstić information content (AvgIpc) is 2.46. The molecule has 0 aliphatic carbocycles. The molecule has 0 fully saturated rings. The van der Waals surface area contributed by atoms with Gasteiger partial charge >= 0.3 is 0 Å². The lowest BCUT2D eigenvalue weighted by atomic mass is 9.83. The van der Waals surface area contributed by atoms with E-state index in [4.69, 9.17) is 11.6 Å². The van der Waals surface area contributed by atoms with Gasteiger partial charge in [0, 0.05) is 24.0 Å². The molecule has 0 saturated heterocycles. The van der Waals surface area contributed by atoms with Crippen LogP contribution in [0, 0.1) is 0 Å². The van der Waals surface area contributed by atoms with Crippen LogP contribution in [0.1, 0.15) is 25.0 Å². The summed E-state index contributed by atoms with van der Waals surface area (Å²) in [4.78, 5) is 16.4. The summed E-state index contributed by atoms with van der Waals surface area (Å²) in [5.74, 6) is -0.0244. The van der Waals surface area contributed by atoms with Crippen molar-refractivity contribution in [3.63, 3.8) is 0 Å². The van der Waals surface area contributed by atoms with Gasteiger partial charge in [-0.3, -0.25) is 9.78 Å². The summed E-state index contributed by atoms with van der Waals surface area (Å²) in [6, 6.07) is 11.1. The van der Waals surface area contributed by atoms with Crippen LogP contribution in [0.2, 0.25) is 5.02 Å². The van der Waals surface area contributed by atoms with Crippen LogP contribution in [0.25, 0.3) is 0 Å². The number of nitrogens with one attached hydrogen (secondary N) is 1. The van der Waals surface area contributed by atoms with Crippen molar-refractivity contribution < 1.29 is 4.79 Å². The normalized spacial score (nSPS) is 11.2. The Morgan fingerprint density at radius 1 is 1.25 bits per heavy atom. The zero-order chi connectivity index (χ0) is 14.6. The largest absolute Gasteiger partial charge is 0.351 e. The summed E-state index contributed by atoms with van der Waals surface area (Å²) in [7, 11) is 0. The van der Waals surface area contributed by atoms with Crippen molar-refractivity contribution >= 4 is 17.5 Å². The molecule has 2 aromatic rings. The van der Waals surface area contributed by atoms with Gasteiger partial charge in [-0.05, 0) is 43.2 Å². The Morgan fingerprint density at radius 2 is 1.95 bits per heavy atom. The fourth-order valence-corrected chi connectivity index (χ4v) is 2.03. The SMILES string of the molecule is CC(C)(C(=O)NCc1cccnc1)c1ccc(Cl)cc1. The van der Waals surface area contributed by atoms with Crippen LogP contribution in [0.5, 0.6) is 0 Å². The zero-order valence-electron chi connectivity index (χ0n) is 11.6. The van der Waals surface area contributed by atoms with E-state index in [1.54, 1.807) is 24.5 Å². The number of halogens is 1. The van der Waals surface area contributed by atoms with E-state index in [0.717, 1.165) is 11.1 Å². The topological polar surface area (TPSA) is 42.0 Å². The predicted octanol–water partition coefficient (Wildman–Crippen LogP) is 3.33. The number of pyridine rings is 1. The molecule has 1 aromatic heterocycles. The number of hydrogen-bond acceptors (Lipinski definition) is 2. The Hall–Kier alpha value is -1.87. The number of rotatable bonds is 4. The minimum Gasteiger partial charge on any atom is -0.351 e. The Labute approximate surface area is 124 Å². The van der Waals surface area contributed by atoms with Gasteiger partial charge in [-0.25, -0.2) is 0 Å². The Balaban J connectivity index is 2.05. The van der Waals surface area contributed by atoms with E-state index in [0.29, 0.717) is 11.6 Å². The maximum Gasteiger partial charge on any atom is 0.230 e. The third kappa shape index (κ3) is 3.36. The fraction of sp³-hybridized carbons (Fsp3) is 0.250. The molecule has 0 atom stereocenters. The highest BCUT2D eigenvalue weighted by Crippen LogP contribution is 2.24. The van der Waals surface area contributed by atoms with Crippen LogP contribution in [0.3, 0.4) is 0 Å². The van der Waals surface area contributed by atoms with Gasteiger partial charge in [-0.15, -0.1) is 0 Å². The molecule has 1 heterocycles. The van der Waals surface area contributed by atoms with Crippen molar-refractivity contribution in [3.8, 4) is 0 Å². The van der Waals surface area contributed by atoms with Crippen molar-refractivity contribution in [2.75, 3.05) is 0 Å². The maximum atomic E-state index is 12.4. The number of amides is 1. The number of hydrogen-bond donors (Lipinski definition) is 1. The van der Waals surface area contributed by atoms with E-state index in [2.05, 4.69) is 10.3 Å². The number of benzene rings is 1. The second-order valence-electron chi connectivity index (χ2n) is 5.18. The van der Waals surface area contributed by atoms with Crippen LogP contribution < -0.4 is 5.32 Å². The summed E-state index contributed by atoms with van der Waals surface area (Å²) < 4.78 is 0. The maximum absolute atomic E-state index is 12.4. The molecule has 20 heavy (non-hydrogen) atoms. The molecule has 0 aliphatic heterocycles. The van der Waals surface area contributed by atoms with E-state index in [1.165, 1.54) is 0 Å². The zero-order valence-corrected chi connectivity index (χ0v) is 12.3. The minimum absolute atomic E-state index is 0.0244. The van der Waals surface area contributed by atoms with Crippen molar-refractivity contribution in [3.05, 3.63) is 64.9 Å². The number of nitrogens with zero attached hydrogens (tertiary/aromatic N) is 1. The van der Waals surface area contributed by atoms with E-state index in [9.17, 15) is 4.79 Å². The first-order valence-electron chi connectivity index (χ1n) is 6.43. The summed E-state index contributed by atoms with van der Waals surface area (Å²) in [5, 5.41) is 3.61. The fourth-order valence-electron chi connectivity index (χ4n) is 1.90. The second kappa shape index (κ2) is 6.06. The number of carbonyl (C=O) groups is 1. The lowest BCUT2D eigenvalue weighted by Gasteiger charge is -2.24. The highest BCUT2D eigenvalue weighted by atomic mass is 35.5. The first kappa shape index (κ1) is 14.5. The quantitative estimate of drug-likeness (QED) is 0.938. The van der Waals surface area contributed by atoms with Crippen molar-refractivity contribution in [2.45, 2.75) is 25.8 Å². The van der Waals surface area contributed by atoms with E-state index < -0.39 is 5.41 Å². The minimum atomic E-state index is -0.604. The van der Waals surface area contributed by atoms with E-state index in [-0.39, 0.29) is 5.91 Å². The number of carbonyl (C=O) groups excluding carboxylic acids is 1. The molecular weight excluding hydrogens is 272 g/mol. The lowest BCUT2D eigenvalue weighted by molar-refractivity contribution is -0.125. The van der Waals surface area contributed by atoms with Gasteiger partial charge in [-0.1, -0.05) is 29.8 Å². The Kier molecular flexibility index (Phi) is 4.40. The average molecular weight is 289 g/mol. The molecule has 0 unspecified atom stereocenters. The molecule has 104 valence electrons. The summed E-state index contributed by atoms with van der Waals surface area (Å²) in [6.07, 6.45) is 3.46. The van der Waals surface area contributed by atoms with Crippen LogP contribution in [0.4, 0.5) is 0 Å². The molecule has 0 saturated carbocycles. The van der Waals surface area contributed by atoms with Crippen molar-refractivity contribution in [1.29, 1.82) is 0 Å². The molecule has 0 bridgehead atoms. The van der Waals surface area contributed by atoms with Gasteiger partial charge in [0.25, 0.3) is 0 Å². The highest BCUT2D eigenvalue weighted by Gasteiger charge is 2.29. The van der Waals surface area contributed by atoms with Crippen molar-refractivity contribution in [2.24, 2.45) is 0 Å². The standard InChI is InChI=1S/C16H17ClN2O/c1-16(2,13-5-7-14(17)8-6-13)15(20)19-11-12-4-3-9-18-10-12/h3-10H,11H2,1-2H3,(H,19,20). The Morgan fingerprint density at radius 3 is 2.55 bits per heavy atom. The van der Waals surface area contributed by atoms with Gasteiger partial charge in [0.15, 0.2) is 0 Å². The van der Waals surface area contributed by atoms with Crippen LogP contribution in [-0.2, 0) is 16.8 Å². The number of aromatic nitrogens is 1. The van der Waals surface area contributed by atoms with Gasteiger partial charge in [0.05, 0.1) is 5.41 Å². The predicted molar refractivity (Wildman–Crippen MR) is 80.6 cm³/mol. The monoisotopic (exact) mass is 288 g/mol. The van der Waals surface area contributed by atoms with Gasteiger partial charge in [-0.2, -0.15) is 0 Å². The first-order chi connectivity index (χ1) is 9.50. The molecule has 4 heteroatoms. The molecule has 1 N–H and O–H groups in total. The Bertz CT molecular complexity index is 579. The second-order valence-corrected chi connectivity index (χ2v) is 5.61. The van der Waals surface area contributed by atoms with E-state index in [1.807, 2.05) is 38.1 Å². The first-order valence-corrected chi connectivity index (χ1v) is 6.81.